The summed E-state index contributed by atoms with van der Waals surface area (Å²) in [5, 5.41) is 9.30. The van der Waals surface area contributed by atoms with Gasteiger partial charge in [-0.25, -0.2) is 0 Å². The van der Waals surface area contributed by atoms with E-state index < -0.39 is 0 Å². The van der Waals surface area contributed by atoms with Crippen molar-refractivity contribution in [2.24, 2.45) is 0 Å². The fourth-order valence-electron chi connectivity index (χ4n) is 2.22. The van der Waals surface area contributed by atoms with E-state index >= 15 is 0 Å². The molecule has 2 rings (SSSR count). The number of rotatable bonds is 2. The highest BCUT2D eigenvalue weighted by atomic mass is 16.3. The fourth-order valence-corrected chi connectivity index (χ4v) is 2.22. The minimum atomic E-state index is 0.0586. The van der Waals surface area contributed by atoms with Crippen molar-refractivity contribution >= 4 is 11.6 Å². The van der Waals surface area contributed by atoms with Crippen molar-refractivity contribution in [3.8, 4) is 0 Å². The molecule has 1 aliphatic rings. The smallest absolute Gasteiger partial charge is 0.219 e. The largest absolute Gasteiger partial charge is 0.392 e. The molecule has 0 unspecified atom stereocenters. The van der Waals surface area contributed by atoms with Crippen LogP contribution in [-0.4, -0.2) is 42.1 Å². The van der Waals surface area contributed by atoms with E-state index in [0.717, 1.165) is 37.4 Å². The summed E-state index contributed by atoms with van der Waals surface area (Å²) in [6.45, 7) is 4.85. The second-order valence-electron chi connectivity index (χ2n) is 4.28. The zero-order valence-corrected chi connectivity index (χ0v) is 10.1. The lowest BCUT2D eigenvalue weighted by Gasteiger charge is -2.36. The summed E-state index contributed by atoms with van der Waals surface area (Å²) in [6.07, 6.45) is 0. The molecule has 0 atom stereocenters. The predicted molar refractivity (Wildman–Crippen MR) is 66.8 cm³/mol. The van der Waals surface area contributed by atoms with Crippen molar-refractivity contribution in [1.29, 1.82) is 0 Å². The minimum absolute atomic E-state index is 0.0586. The number of amides is 1. The number of benzene rings is 1. The summed E-state index contributed by atoms with van der Waals surface area (Å²) in [4.78, 5) is 15.3. The van der Waals surface area contributed by atoms with E-state index in [1.165, 1.54) is 0 Å². The Morgan fingerprint density at radius 2 is 1.88 bits per heavy atom. The van der Waals surface area contributed by atoms with Crippen molar-refractivity contribution in [2.45, 2.75) is 13.5 Å². The summed E-state index contributed by atoms with van der Waals surface area (Å²) in [7, 11) is 0. The second-order valence-corrected chi connectivity index (χ2v) is 4.28. The highest BCUT2D eigenvalue weighted by Gasteiger charge is 2.19. The summed E-state index contributed by atoms with van der Waals surface area (Å²) in [5.41, 5.74) is 2.03. The molecule has 0 aliphatic carbocycles. The van der Waals surface area contributed by atoms with E-state index in [1.54, 1.807) is 6.92 Å². The van der Waals surface area contributed by atoms with Gasteiger partial charge in [-0.15, -0.1) is 0 Å². The average Bonchev–Trinajstić information content (AvgIpc) is 2.39. The maximum atomic E-state index is 11.2. The van der Waals surface area contributed by atoms with Gasteiger partial charge in [0, 0.05) is 44.4 Å². The first kappa shape index (κ1) is 11.9. The van der Waals surface area contributed by atoms with Crippen LogP contribution < -0.4 is 4.90 Å². The molecule has 1 saturated heterocycles. The highest BCUT2D eigenvalue weighted by molar-refractivity contribution is 5.73. The summed E-state index contributed by atoms with van der Waals surface area (Å²) >= 11 is 0. The molecule has 1 aliphatic heterocycles. The lowest BCUT2D eigenvalue weighted by Crippen LogP contribution is -2.48. The molecule has 1 aromatic carbocycles. The third-order valence-corrected chi connectivity index (χ3v) is 3.23. The van der Waals surface area contributed by atoms with Crippen LogP contribution in [0.1, 0.15) is 12.5 Å². The number of para-hydroxylation sites is 1. The van der Waals surface area contributed by atoms with Gasteiger partial charge in [0.15, 0.2) is 0 Å². The van der Waals surface area contributed by atoms with Crippen LogP contribution in [0.3, 0.4) is 0 Å². The molecule has 1 amide bonds. The normalized spacial score (nSPS) is 16.1. The van der Waals surface area contributed by atoms with E-state index in [4.69, 9.17) is 0 Å². The Morgan fingerprint density at radius 3 is 2.47 bits per heavy atom. The van der Waals surface area contributed by atoms with Gasteiger partial charge in [0.25, 0.3) is 0 Å². The van der Waals surface area contributed by atoms with Crippen molar-refractivity contribution in [2.75, 3.05) is 31.1 Å². The van der Waals surface area contributed by atoms with Crippen molar-refractivity contribution in [3.05, 3.63) is 29.8 Å². The molecule has 17 heavy (non-hydrogen) atoms. The number of hydrogen-bond donors (Lipinski definition) is 1. The second kappa shape index (κ2) is 5.19. The number of aliphatic hydroxyl groups excluding tert-OH is 1. The molecule has 1 N–H and O–H groups in total. The summed E-state index contributed by atoms with van der Waals surface area (Å²) < 4.78 is 0. The zero-order chi connectivity index (χ0) is 12.3. The van der Waals surface area contributed by atoms with Crippen LogP contribution in [0.15, 0.2) is 24.3 Å². The van der Waals surface area contributed by atoms with Crippen molar-refractivity contribution < 1.29 is 9.90 Å². The van der Waals surface area contributed by atoms with Crippen LogP contribution >= 0.6 is 0 Å². The number of nitrogens with zero attached hydrogens (tertiary/aromatic N) is 2. The van der Waals surface area contributed by atoms with Gasteiger partial charge in [-0.3, -0.25) is 4.79 Å². The lowest BCUT2D eigenvalue weighted by molar-refractivity contribution is -0.129. The quantitative estimate of drug-likeness (QED) is 0.825. The molecule has 0 radical (unpaired) electrons. The van der Waals surface area contributed by atoms with Crippen LogP contribution in [0.4, 0.5) is 5.69 Å². The summed E-state index contributed by atoms with van der Waals surface area (Å²) in [5.74, 6) is 0.139. The van der Waals surface area contributed by atoms with Gasteiger partial charge in [-0.2, -0.15) is 0 Å². The van der Waals surface area contributed by atoms with Gasteiger partial charge >= 0.3 is 0 Å². The molecule has 0 bridgehead atoms. The Balaban J connectivity index is 2.07. The number of aliphatic hydroxyl groups is 1. The van der Waals surface area contributed by atoms with Crippen LogP contribution in [0.5, 0.6) is 0 Å². The highest BCUT2D eigenvalue weighted by Crippen LogP contribution is 2.21. The van der Waals surface area contributed by atoms with E-state index in [-0.39, 0.29) is 12.5 Å². The molecule has 92 valence electrons. The molecule has 0 spiro atoms. The molecular weight excluding hydrogens is 216 g/mol. The standard InChI is InChI=1S/C13H18N2O2/c1-11(17)14-6-8-15(9-7-14)13-5-3-2-4-12(13)10-16/h2-5,16H,6-10H2,1H3. The monoisotopic (exact) mass is 234 g/mol. The molecular formula is C13H18N2O2. The fraction of sp³-hybridized carbons (Fsp3) is 0.462. The maximum absolute atomic E-state index is 11.2. The van der Waals surface area contributed by atoms with Gasteiger partial charge in [0.1, 0.15) is 0 Å². The third-order valence-electron chi connectivity index (χ3n) is 3.23. The van der Waals surface area contributed by atoms with Gasteiger partial charge < -0.3 is 14.9 Å². The van der Waals surface area contributed by atoms with Gasteiger partial charge in [-0.05, 0) is 6.07 Å². The van der Waals surface area contributed by atoms with Crippen LogP contribution in [0.2, 0.25) is 0 Å². The van der Waals surface area contributed by atoms with Crippen LogP contribution in [0, 0.1) is 0 Å². The molecule has 1 heterocycles. The SMILES string of the molecule is CC(=O)N1CCN(c2ccccc2CO)CC1. The number of piperazine rings is 1. The predicted octanol–water partition coefficient (Wildman–Crippen LogP) is 0.847. The lowest BCUT2D eigenvalue weighted by atomic mass is 10.1. The Bertz CT molecular complexity index is 398. The Morgan fingerprint density at radius 1 is 1.24 bits per heavy atom. The number of hydrogen-bond acceptors (Lipinski definition) is 3. The zero-order valence-electron chi connectivity index (χ0n) is 10.1. The Hall–Kier alpha value is -1.55. The van der Waals surface area contributed by atoms with Crippen LogP contribution in [-0.2, 0) is 11.4 Å². The van der Waals surface area contributed by atoms with Gasteiger partial charge in [0.2, 0.25) is 5.91 Å². The van der Waals surface area contributed by atoms with Crippen molar-refractivity contribution in [1.82, 2.24) is 4.90 Å². The van der Waals surface area contributed by atoms with Gasteiger partial charge in [0.05, 0.1) is 6.61 Å². The van der Waals surface area contributed by atoms with E-state index in [1.807, 2.05) is 29.2 Å². The first-order valence-corrected chi connectivity index (χ1v) is 5.91. The number of carbonyl (C=O) groups excluding carboxylic acids is 1. The maximum Gasteiger partial charge on any atom is 0.219 e. The molecule has 0 saturated carbocycles. The van der Waals surface area contributed by atoms with Gasteiger partial charge in [-0.1, -0.05) is 18.2 Å². The molecule has 0 aromatic heterocycles. The molecule has 4 heteroatoms. The van der Waals surface area contributed by atoms with Crippen LogP contribution in [0.25, 0.3) is 0 Å². The Labute approximate surface area is 101 Å². The molecule has 1 fully saturated rings. The molecule has 4 nitrogen and oxygen atoms in total. The first-order chi connectivity index (χ1) is 8.22. The number of carbonyl (C=O) groups is 1. The topological polar surface area (TPSA) is 43.8 Å². The van der Waals surface area contributed by atoms with E-state index in [2.05, 4.69) is 4.90 Å². The average molecular weight is 234 g/mol. The minimum Gasteiger partial charge on any atom is -0.392 e. The molecule has 1 aromatic rings. The van der Waals surface area contributed by atoms with Crippen molar-refractivity contribution in [3.63, 3.8) is 0 Å². The number of anilines is 1. The third kappa shape index (κ3) is 2.58. The first-order valence-electron chi connectivity index (χ1n) is 5.91. The Kier molecular flexibility index (Phi) is 3.64. The van der Waals surface area contributed by atoms with E-state index in [9.17, 15) is 9.90 Å². The van der Waals surface area contributed by atoms with E-state index in [0.29, 0.717) is 0 Å². The summed E-state index contributed by atoms with van der Waals surface area (Å²) in [6, 6.07) is 7.87.